The fourth-order valence-corrected chi connectivity index (χ4v) is 3.50. The zero-order valence-corrected chi connectivity index (χ0v) is 13.5. The van der Waals surface area contributed by atoms with Gasteiger partial charge < -0.3 is 11.1 Å². The highest BCUT2D eigenvalue weighted by Gasteiger charge is 2.33. The number of nitrogens with one attached hydrogen (secondary N) is 1. The smallest absolute Gasteiger partial charge is 0.221 e. The highest BCUT2D eigenvalue weighted by atomic mass is 16.1. The van der Waals surface area contributed by atoms with E-state index in [1.54, 1.807) is 0 Å². The first kappa shape index (κ1) is 15.8. The summed E-state index contributed by atoms with van der Waals surface area (Å²) >= 11 is 0. The Morgan fingerprint density at radius 3 is 2.30 bits per heavy atom. The summed E-state index contributed by atoms with van der Waals surface area (Å²) < 4.78 is 0. The molecule has 0 bridgehead atoms. The lowest BCUT2D eigenvalue weighted by Gasteiger charge is -2.39. The summed E-state index contributed by atoms with van der Waals surface area (Å²) in [6, 6.07) is 0.475. The fraction of sp³-hybridized carbons (Fsp3) is 0.941. The molecule has 0 aliphatic heterocycles. The van der Waals surface area contributed by atoms with Gasteiger partial charge in [0, 0.05) is 18.5 Å². The Morgan fingerprint density at radius 1 is 1.20 bits per heavy atom. The summed E-state index contributed by atoms with van der Waals surface area (Å²) in [6.45, 7) is 7.05. The number of carbonyl (C=O) groups excluding carboxylic acids is 1. The first-order chi connectivity index (χ1) is 9.42. The molecule has 0 aromatic carbocycles. The van der Waals surface area contributed by atoms with Crippen LogP contribution in [0.4, 0.5) is 0 Å². The molecule has 0 saturated heterocycles. The monoisotopic (exact) mass is 280 g/mol. The first-order valence-corrected chi connectivity index (χ1v) is 8.47. The molecule has 20 heavy (non-hydrogen) atoms. The molecule has 3 nitrogen and oxygen atoms in total. The van der Waals surface area contributed by atoms with E-state index in [9.17, 15) is 4.79 Å². The normalized spacial score (nSPS) is 29.0. The summed E-state index contributed by atoms with van der Waals surface area (Å²) in [5.41, 5.74) is 6.47. The van der Waals surface area contributed by atoms with E-state index in [1.807, 2.05) is 0 Å². The third-order valence-corrected chi connectivity index (χ3v) is 5.76. The van der Waals surface area contributed by atoms with Crippen LogP contribution < -0.4 is 11.1 Å². The average molecular weight is 280 g/mol. The number of carbonyl (C=O) groups is 1. The Kier molecular flexibility index (Phi) is 5.11. The zero-order valence-electron chi connectivity index (χ0n) is 13.5. The van der Waals surface area contributed by atoms with Crippen molar-refractivity contribution >= 4 is 5.91 Å². The minimum Gasteiger partial charge on any atom is -0.353 e. The van der Waals surface area contributed by atoms with Gasteiger partial charge in [-0.2, -0.15) is 0 Å². The van der Waals surface area contributed by atoms with Crippen LogP contribution in [0.15, 0.2) is 0 Å². The van der Waals surface area contributed by atoms with Crippen molar-refractivity contribution < 1.29 is 4.79 Å². The molecule has 2 rings (SSSR count). The zero-order chi connectivity index (χ0) is 14.8. The first-order valence-electron chi connectivity index (χ1n) is 8.47. The fourth-order valence-electron chi connectivity index (χ4n) is 3.50. The molecular weight excluding hydrogens is 248 g/mol. The van der Waals surface area contributed by atoms with Crippen LogP contribution >= 0.6 is 0 Å². The summed E-state index contributed by atoms with van der Waals surface area (Å²) in [6.07, 6.45) is 8.96. The predicted molar refractivity (Wildman–Crippen MR) is 83.3 cm³/mol. The highest BCUT2D eigenvalue weighted by molar-refractivity contribution is 5.77. The van der Waals surface area contributed by atoms with E-state index in [0.717, 1.165) is 18.8 Å². The van der Waals surface area contributed by atoms with Gasteiger partial charge in [0.25, 0.3) is 0 Å². The number of hydrogen-bond acceptors (Lipinski definition) is 2. The molecule has 1 unspecified atom stereocenters. The van der Waals surface area contributed by atoms with Crippen LogP contribution in [0, 0.1) is 17.3 Å². The molecule has 1 atom stereocenters. The minimum absolute atomic E-state index is 0.0883. The molecular formula is C17H32N2O. The van der Waals surface area contributed by atoms with E-state index in [0.29, 0.717) is 23.8 Å². The van der Waals surface area contributed by atoms with Crippen molar-refractivity contribution in [2.24, 2.45) is 23.0 Å². The van der Waals surface area contributed by atoms with E-state index in [4.69, 9.17) is 5.73 Å². The van der Waals surface area contributed by atoms with Crippen LogP contribution in [0.25, 0.3) is 0 Å². The molecule has 2 aliphatic carbocycles. The van der Waals surface area contributed by atoms with Gasteiger partial charge >= 0.3 is 0 Å². The van der Waals surface area contributed by atoms with E-state index in [1.165, 1.54) is 32.1 Å². The van der Waals surface area contributed by atoms with Gasteiger partial charge in [0.2, 0.25) is 5.91 Å². The largest absolute Gasteiger partial charge is 0.353 e. The van der Waals surface area contributed by atoms with Gasteiger partial charge in [-0.3, -0.25) is 4.79 Å². The van der Waals surface area contributed by atoms with E-state index < -0.39 is 0 Å². The maximum absolute atomic E-state index is 12.0. The second kappa shape index (κ2) is 6.46. The Balaban J connectivity index is 1.69. The molecule has 116 valence electrons. The lowest BCUT2D eigenvalue weighted by molar-refractivity contribution is -0.122. The van der Waals surface area contributed by atoms with Crippen molar-refractivity contribution in [3.63, 3.8) is 0 Å². The van der Waals surface area contributed by atoms with Gasteiger partial charge in [-0.25, -0.2) is 0 Å². The Labute approximate surface area is 124 Å². The number of rotatable bonds is 6. The van der Waals surface area contributed by atoms with Gasteiger partial charge in [-0.1, -0.05) is 27.2 Å². The molecule has 3 N–H and O–H groups in total. The molecule has 0 radical (unpaired) electrons. The van der Waals surface area contributed by atoms with Crippen LogP contribution in [-0.4, -0.2) is 18.0 Å². The van der Waals surface area contributed by atoms with Crippen LogP contribution in [0.1, 0.15) is 72.1 Å². The third-order valence-electron chi connectivity index (χ3n) is 5.76. The van der Waals surface area contributed by atoms with Gasteiger partial charge in [0.15, 0.2) is 0 Å². The Morgan fingerprint density at radius 2 is 1.80 bits per heavy atom. The van der Waals surface area contributed by atoms with E-state index in [-0.39, 0.29) is 11.9 Å². The summed E-state index contributed by atoms with van der Waals surface area (Å²) in [5.74, 6) is 1.60. The Hall–Kier alpha value is -0.570. The number of hydrogen-bond donors (Lipinski definition) is 2. The maximum Gasteiger partial charge on any atom is 0.221 e. The average Bonchev–Trinajstić information content (AvgIpc) is 3.23. The van der Waals surface area contributed by atoms with Crippen molar-refractivity contribution in [1.29, 1.82) is 0 Å². The SMILES string of the molecule is CCC(C)(C)C1CCC(NC(=O)CC(N)C2CC2)CC1. The van der Waals surface area contributed by atoms with Crippen molar-refractivity contribution in [2.75, 3.05) is 0 Å². The second-order valence-electron chi connectivity index (χ2n) is 7.66. The molecule has 3 heteroatoms. The summed E-state index contributed by atoms with van der Waals surface area (Å²) in [7, 11) is 0. The lowest BCUT2D eigenvalue weighted by Crippen LogP contribution is -2.42. The maximum atomic E-state index is 12.0. The quantitative estimate of drug-likeness (QED) is 0.785. The molecule has 0 aromatic rings. The minimum atomic E-state index is 0.0883. The van der Waals surface area contributed by atoms with E-state index in [2.05, 4.69) is 26.1 Å². The number of amides is 1. The molecule has 0 aromatic heterocycles. The van der Waals surface area contributed by atoms with E-state index >= 15 is 0 Å². The van der Waals surface area contributed by atoms with Crippen molar-refractivity contribution in [3.8, 4) is 0 Å². The molecule has 2 fully saturated rings. The summed E-state index contributed by atoms with van der Waals surface area (Å²) in [5, 5.41) is 3.20. The van der Waals surface area contributed by atoms with Gasteiger partial charge in [0.1, 0.15) is 0 Å². The van der Waals surface area contributed by atoms with Crippen LogP contribution in [0.5, 0.6) is 0 Å². The lowest BCUT2D eigenvalue weighted by atomic mass is 9.69. The van der Waals surface area contributed by atoms with Crippen LogP contribution in [0.3, 0.4) is 0 Å². The van der Waals surface area contributed by atoms with Crippen LogP contribution in [-0.2, 0) is 4.79 Å². The third kappa shape index (κ3) is 4.21. The molecule has 2 aliphatic rings. The molecule has 1 amide bonds. The van der Waals surface area contributed by atoms with Gasteiger partial charge in [-0.05, 0) is 55.8 Å². The highest BCUT2D eigenvalue weighted by Crippen LogP contribution is 2.40. The standard InChI is InChI=1S/C17H32N2O/c1-4-17(2,3)13-7-9-14(10-8-13)19-16(20)11-15(18)12-5-6-12/h12-15H,4-11,18H2,1-3H3,(H,19,20). The van der Waals surface area contributed by atoms with Gasteiger partial charge in [-0.15, -0.1) is 0 Å². The van der Waals surface area contributed by atoms with Crippen molar-refractivity contribution in [3.05, 3.63) is 0 Å². The van der Waals surface area contributed by atoms with Gasteiger partial charge in [0.05, 0.1) is 0 Å². The molecule has 0 spiro atoms. The van der Waals surface area contributed by atoms with Crippen molar-refractivity contribution in [2.45, 2.75) is 84.2 Å². The van der Waals surface area contributed by atoms with Crippen LogP contribution in [0.2, 0.25) is 0 Å². The second-order valence-corrected chi connectivity index (χ2v) is 7.66. The topological polar surface area (TPSA) is 55.1 Å². The number of nitrogens with two attached hydrogens (primary N) is 1. The molecule has 0 heterocycles. The van der Waals surface area contributed by atoms with Crippen molar-refractivity contribution in [1.82, 2.24) is 5.32 Å². The summed E-state index contributed by atoms with van der Waals surface area (Å²) in [4.78, 5) is 12.0. The Bertz CT molecular complexity index is 328. The molecule has 2 saturated carbocycles. The predicted octanol–water partition coefficient (Wildman–Crippen LogP) is 3.23.